The number of alkyl halides is 3. The number of hydrogen-bond donors (Lipinski definition) is 2. The van der Waals surface area contributed by atoms with Gasteiger partial charge in [-0.1, -0.05) is 17.9 Å². The van der Waals surface area contributed by atoms with Gasteiger partial charge >= 0.3 is 6.18 Å². The van der Waals surface area contributed by atoms with E-state index in [9.17, 15) is 21.6 Å². The van der Waals surface area contributed by atoms with Crippen LogP contribution in [0.3, 0.4) is 0 Å². The fraction of sp³-hybridized carbons (Fsp3) is 0.333. The summed E-state index contributed by atoms with van der Waals surface area (Å²) in [6.07, 6.45) is -4.64. The topological polar surface area (TPSA) is 66.4 Å². The lowest BCUT2D eigenvalue weighted by molar-refractivity contribution is -0.121. The molecule has 0 aliphatic carbocycles. The molecule has 0 aromatic heterocycles. The van der Waals surface area contributed by atoms with Crippen molar-refractivity contribution >= 4 is 10.0 Å². The molecule has 0 bridgehead atoms. The lowest BCUT2D eigenvalue weighted by Crippen LogP contribution is -2.34. The van der Waals surface area contributed by atoms with E-state index in [0.717, 1.165) is 0 Å². The number of benzene rings is 1. The van der Waals surface area contributed by atoms with Crippen molar-refractivity contribution in [1.29, 1.82) is 0 Å². The molecule has 0 spiro atoms. The first kappa shape index (κ1) is 16.5. The quantitative estimate of drug-likeness (QED) is 0.824. The molecule has 8 heteroatoms. The third kappa shape index (κ3) is 4.85. The van der Waals surface area contributed by atoms with Gasteiger partial charge < -0.3 is 5.11 Å². The molecule has 0 amide bonds. The van der Waals surface area contributed by atoms with Crippen LogP contribution < -0.4 is 4.72 Å². The second-order valence-electron chi connectivity index (χ2n) is 3.90. The molecular formula is C12H12F3NO3S. The second-order valence-corrected chi connectivity index (χ2v) is 5.63. The molecule has 110 valence electrons. The van der Waals surface area contributed by atoms with Crippen LogP contribution in [0.15, 0.2) is 23.1 Å². The maximum Gasteiger partial charge on any atom is 0.402 e. The summed E-state index contributed by atoms with van der Waals surface area (Å²) >= 11 is 0. The highest BCUT2D eigenvalue weighted by molar-refractivity contribution is 7.89. The van der Waals surface area contributed by atoms with E-state index in [1.54, 1.807) is 6.92 Å². The first-order valence-electron chi connectivity index (χ1n) is 5.42. The molecule has 0 radical (unpaired) electrons. The average molecular weight is 307 g/mol. The Morgan fingerprint density at radius 3 is 2.55 bits per heavy atom. The Hall–Kier alpha value is -1.56. The monoisotopic (exact) mass is 307 g/mol. The van der Waals surface area contributed by atoms with Gasteiger partial charge in [-0.05, 0) is 24.6 Å². The van der Waals surface area contributed by atoms with E-state index in [1.807, 2.05) is 0 Å². The third-order valence-electron chi connectivity index (χ3n) is 2.19. The molecule has 0 heterocycles. The van der Waals surface area contributed by atoms with Gasteiger partial charge in [-0.2, -0.15) is 13.2 Å². The Kier molecular flexibility index (Phi) is 5.16. The van der Waals surface area contributed by atoms with Crippen LogP contribution in [0.25, 0.3) is 0 Å². The number of halogens is 3. The molecule has 0 saturated carbocycles. The molecule has 2 N–H and O–H groups in total. The Morgan fingerprint density at radius 2 is 2.00 bits per heavy atom. The fourth-order valence-corrected chi connectivity index (χ4v) is 2.52. The van der Waals surface area contributed by atoms with Crippen molar-refractivity contribution in [2.24, 2.45) is 0 Å². The van der Waals surface area contributed by atoms with Gasteiger partial charge in [0.1, 0.15) is 13.2 Å². The molecular weight excluding hydrogens is 295 g/mol. The first-order valence-corrected chi connectivity index (χ1v) is 6.91. The van der Waals surface area contributed by atoms with Crippen molar-refractivity contribution in [3.8, 4) is 11.8 Å². The summed E-state index contributed by atoms with van der Waals surface area (Å²) < 4.78 is 61.4. The minimum Gasteiger partial charge on any atom is -0.384 e. The predicted octanol–water partition coefficient (Wildman–Crippen LogP) is 1.18. The van der Waals surface area contributed by atoms with E-state index in [4.69, 9.17) is 5.11 Å². The van der Waals surface area contributed by atoms with E-state index in [-0.39, 0.29) is 10.5 Å². The van der Waals surface area contributed by atoms with Gasteiger partial charge in [0.2, 0.25) is 10.0 Å². The molecule has 0 fully saturated rings. The highest BCUT2D eigenvalue weighted by Gasteiger charge is 2.30. The molecule has 1 aromatic rings. The normalized spacial score (nSPS) is 11.8. The minimum atomic E-state index is -4.64. The van der Waals surface area contributed by atoms with Gasteiger partial charge in [0.05, 0.1) is 4.90 Å². The molecule has 0 aliphatic rings. The van der Waals surface area contributed by atoms with Crippen molar-refractivity contribution in [1.82, 2.24) is 4.72 Å². The summed E-state index contributed by atoms with van der Waals surface area (Å²) in [6, 6.07) is 4.05. The van der Waals surface area contributed by atoms with Crippen LogP contribution in [0.1, 0.15) is 11.1 Å². The minimum absolute atomic E-state index is 0.0359. The molecule has 20 heavy (non-hydrogen) atoms. The maximum absolute atomic E-state index is 12.1. The molecule has 1 rings (SSSR count). The highest BCUT2D eigenvalue weighted by atomic mass is 32.2. The van der Waals surface area contributed by atoms with Crippen molar-refractivity contribution in [3.05, 3.63) is 29.3 Å². The zero-order valence-corrected chi connectivity index (χ0v) is 11.3. The van der Waals surface area contributed by atoms with Gasteiger partial charge in [0.25, 0.3) is 0 Å². The van der Waals surface area contributed by atoms with E-state index in [0.29, 0.717) is 5.56 Å². The van der Waals surface area contributed by atoms with E-state index >= 15 is 0 Å². The van der Waals surface area contributed by atoms with Crippen LogP contribution in [0.5, 0.6) is 0 Å². The number of sulfonamides is 1. The lowest BCUT2D eigenvalue weighted by atomic mass is 10.1. The van der Waals surface area contributed by atoms with Gasteiger partial charge in [0, 0.05) is 5.56 Å². The fourth-order valence-electron chi connectivity index (χ4n) is 1.37. The number of aryl methyl sites for hydroxylation is 1. The number of aliphatic hydroxyl groups excluding tert-OH is 1. The third-order valence-corrected chi connectivity index (χ3v) is 3.65. The van der Waals surface area contributed by atoms with Crippen LogP contribution in [-0.2, 0) is 10.0 Å². The van der Waals surface area contributed by atoms with Crippen LogP contribution in [0.2, 0.25) is 0 Å². The van der Waals surface area contributed by atoms with Crippen LogP contribution in [0, 0.1) is 18.8 Å². The average Bonchev–Trinajstić information content (AvgIpc) is 2.33. The number of aliphatic hydroxyl groups is 1. The van der Waals surface area contributed by atoms with E-state index in [2.05, 4.69) is 11.8 Å². The number of nitrogens with one attached hydrogen (secondary N) is 1. The van der Waals surface area contributed by atoms with Crippen molar-refractivity contribution in [3.63, 3.8) is 0 Å². The molecule has 0 saturated heterocycles. The first-order chi connectivity index (χ1) is 9.15. The molecule has 0 aliphatic heterocycles. The SMILES string of the molecule is Cc1ccc(S(=O)(=O)NCC(F)(F)F)c(C#CCO)c1. The summed E-state index contributed by atoms with van der Waals surface area (Å²) in [5.41, 5.74) is 0.732. The zero-order valence-electron chi connectivity index (χ0n) is 10.5. The van der Waals surface area contributed by atoms with E-state index < -0.39 is 29.4 Å². The smallest absolute Gasteiger partial charge is 0.384 e. The summed E-state index contributed by atoms with van der Waals surface area (Å²) in [7, 11) is -4.33. The predicted molar refractivity (Wildman–Crippen MR) is 66.4 cm³/mol. The number of hydrogen-bond acceptors (Lipinski definition) is 3. The molecule has 0 atom stereocenters. The number of rotatable bonds is 3. The Morgan fingerprint density at radius 1 is 1.35 bits per heavy atom. The van der Waals surface area contributed by atoms with Crippen LogP contribution >= 0.6 is 0 Å². The van der Waals surface area contributed by atoms with Crippen molar-refractivity contribution in [2.75, 3.05) is 13.2 Å². The molecule has 1 aromatic carbocycles. The van der Waals surface area contributed by atoms with Gasteiger partial charge in [-0.15, -0.1) is 0 Å². The Labute approximate surface area is 114 Å². The second kappa shape index (κ2) is 6.26. The summed E-state index contributed by atoms with van der Waals surface area (Å²) in [4.78, 5) is -0.353. The molecule has 4 nitrogen and oxygen atoms in total. The standard InChI is InChI=1S/C12H12F3NO3S/c1-9-4-5-11(10(7-9)3-2-6-17)20(18,19)16-8-12(13,14)15/h4-5,7,16-17H,6,8H2,1H3. The molecule has 0 unspecified atom stereocenters. The van der Waals surface area contributed by atoms with Gasteiger partial charge in [0.15, 0.2) is 0 Å². The zero-order chi connectivity index (χ0) is 15.4. The maximum atomic E-state index is 12.1. The van der Waals surface area contributed by atoms with Crippen LogP contribution in [0.4, 0.5) is 13.2 Å². The summed E-state index contributed by atoms with van der Waals surface area (Å²) in [6.45, 7) is -0.455. The van der Waals surface area contributed by atoms with E-state index in [1.165, 1.54) is 22.9 Å². The Balaban J connectivity index is 3.18. The van der Waals surface area contributed by atoms with Gasteiger partial charge in [-0.25, -0.2) is 13.1 Å². The Bertz CT molecular complexity index is 642. The van der Waals surface area contributed by atoms with Gasteiger partial charge in [-0.3, -0.25) is 0 Å². The van der Waals surface area contributed by atoms with Crippen molar-refractivity contribution < 1.29 is 26.7 Å². The summed E-state index contributed by atoms with van der Waals surface area (Å²) in [5.74, 6) is 4.67. The lowest BCUT2D eigenvalue weighted by Gasteiger charge is -2.11. The largest absolute Gasteiger partial charge is 0.402 e. The van der Waals surface area contributed by atoms with Crippen LogP contribution in [-0.4, -0.2) is 32.9 Å². The van der Waals surface area contributed by atoms with Crippen molar-refractivity contribution in [2.45, 2.75) is 18.0 Å². The summed E-state index contributed by atoms with van der Waals surface area (Å²) in [5, 5.41) is 8.61. The highest BCUT2D eigenvalue weighted by Crippen LogP contribution is 2.19.